The number of nitrogens with two attached hydrogens (primary N) is 1. The van der Waals surface area contributed by atoms with Crippen molar-refractivity contribution in [3.8, 4) is 0 Å². The summed E-state index contributed by atoms with van der Waals surface area (Å²) in [5, 5.41) is 3.40. The summed E-state index contributed by atoms with van der Waals surface area (Å²) in [5.74, 6) is -0.451. The van der Waals surface area contributed by atoms with Crippen LogP contribution in [0.5, 0.6) is 0 Å². The molecule has 0 radical (unpaired) electrons. The molecule has 17 heavy (non-hydrogen) atoms. The number of nitrogens with one attached hydrogen (secondary N) is 1. The van der Waals surface area contributed by atoms with Crippen molar-refractivity contribution in [2.24, 2.45) is 17.6 Å². The van der Waals surface area contributed by atoms with Gasteiger partial charge in [0.2, 0.25) is 5.91 Å². The van der Waals surface area contributed by atoms with Crippen molar-refractivity contribution in [1.82, 2.24) is 5.32 Å². The number of carbonyl (C=O) groups excluding carboxylic acids is 1. The molecule has 1 amide bonds. The lowest BCUT2D eigenvalue weighted by Gasteiger charge is -2.23. The van der Waals surface area contributed by atoms with Gasteiger partial charge >= 0.3 is 0 Å². The van der Waals surface area contributed by atoms with Crippen molar-refractivity contribution in [1.29, 1.82) is 0 Å². The monoisotopic (exact) mass is 234 g/mol. The number of hydrogen-bond donors (Lipinski definition) is 2. The third-order valence-electron chi connectivity index (χ3n) is 3.93. The van der Waals surface area contributed by atoms with E-state index < -0.39 is 0 Å². The molecule has 2 unspecified atom stereocenters. The van der Waals surface area contributed by atoms with E-state index in [4.69, 9.17) is 5.73 Å². The van der Waals surface area contributed by atoms with E-state index in [2.05, 4.69) is 5.32 Å². The van der Waals surface area contributed by atoms with Gasteiger partial charge in [0.1, 0.15) is 5.83 Å². The first-order chi connectivity index (χ1) is 8.15. The molecule has 3 N–H and O–H groups in total. The van der Waals surface area contributed by atoms with E-state index in [1.54, 1.807) is 6.08 Å². The van der Waals surface area contributed by atoms with Gasteiger partial charge in [-0.3, -0.25) is 4.79 Å². The van der Waals surface area contributed by atoms with Crippen molar-refractivity contribution in [2.45, 2.75) is 25.3 Å². The minimum absolute atomic E-state index is 0.0668. The van der Waals surface area contributed by atoms with E-state index >= 15 is 0 Å². The van der Waals surface area contributed by atoms with E-state index in [0.717, 1.165) is 12.8 Å². The van der Waals surface area contributed by atoms with Crippen LogP contribution < -0.4 is 11.1 Å². The normalized spacial score (nSPS) is 34.9. The Kier molecular flexibility index (Phi) is 2.31. The molecular weight excluding hydrogens is 219 g/mol. The van der Waals surface area contributed by atoms with Crippen LogP contribution in [-0.4, -0.2) is 11.9 Å². The van der Waals surface area contributed by atoms with Gasteiger partial charge in [-0.15, -0.1) is 0 Å². The zero-order valence-corrected chi connectivity index (χ0v) is 9.45. The van der Waals surface area contributed by atoms with Crippen molar-refractivity contribution in [3.05, 3.63) is 35.3 Å². The van der Waals surface area contributed by atoms with Crippen molar-refractivity contribution < 1.29 is 9.18 Å². The number of hydrogen-bond acceptors (Lipinski definition) is 2. The predicted molar refractivity (Wildman–Crippen MR) is 62.3 cm³/mol. The van der Waals surface area contributed by atoms with Crippen LogP contribution in [0.2, 0.25) is 0 Å². The summed E-state index contributed by atoms with van der Waals surface area (Å²) in [6, 6.07) is 0.158. The average Bonchev–Trinajstić information content (AvgIpc) is 2.66. The highest BCUT2D eigenvalue weighted by atomic mass is 19.1. The van der Waals surface area contributed by atoms with Crippen LogP contribution in [0.4, 0.5) is 4.39 Å². The SMILES string of the molecule is NC(=O)[C@H]1CCC2=C(C1)C1C=C(F)C=CC1N2. The summed E-state index contributed by atoms with van der Waals surface area (Å²) in [4.78, 5) is 11.2. The number of fused-ring (bicyclic) bond motifs is 2. The van der Waals surface area contributed by atoms with Gasteiger partial charge in [0.05, 0.1) is 6.04 Å². The number of carbonyl (C=O) groups is 1. The first-order valence-electron chi connectivity index (χ1n) is 5.98. The van der Waals surface area contributed by atoms with Gasteiger partial charge in [-0.2, -0.15) is 0 Å². The molecule has 90 valence electrons. The molecule has 0 spiro atoms. The van der Waals surface area contributed by atoms with Crippen LogP contribution in [0.1, 0.15) is 19.3 Å². The standard InChI is InChI=1S/C13H15FN2O/c14-8-2-4-12-10(6-8)9-5-7(13(15)17)1-3-11(9)16-12/h2,4,6-7,10,12,16H,1,3,5H2,(H2,15,17)/t7-,10?,12?/m0/s1. The molecule has 0 aromatic carbocycles. The summed E-state index contributed by atoms with van der Waals surface area (Å²) < 4.78 is 13.3. The molecule has 3 aliphatic rings. The van der Waals surface area contributed by atoms with E-state index in [1.165, 1.54) is 17.3 Å². The van der Waals surface area contributed by atoms with Crippen LogP contribution >= 0.6 is 0 Å². The lowest BCUT2D eigenvalue weighted by molar-refractivity contribution is -0.122. The highest BCUT2D eigenvalue weighted by Crippen LogP contribution is 2.41. The number of primary amides is 1. The Morgan fingerprint density at radius 3 is 3.12 bits per heavy atom. The molecule has 0 aromatic rings. The van der Waals surface area contributed by atoms with Crippen LogP contribution in [0.15, 0.2) is 35.3 Å². The predicted octanol–water partition coefficient (Wildman–Crippen LogP) is 1.54. The summed E-state index contributed by atoms with van der Waals surface area (Å²) in [6.07, 6.45) is 7.32. The Hall–Kier alpha value is -1.58. The van der Waals surface area contributed by atoms with Gasteiger partial charge in [-0.1, -0.05) is 6.08 Å². The Labute approximate surface area is 99.2 Å². The summed E-state index contributed by atoms with van der Waals surface area (Å²) >= 11 is 0. The summed E-state index contributed by atoms with van der Waals surface area (Å²) in [5.41, 5.74) is 7.72. The molecule has 0 saturated heterocycles. The Morgan fingerprint density at radius 2 is 2.35 bits per heavy atom. The van der Waals surface area contributed by atoms with Crippen molar-refractivity contribution in [2.75, 3.05) is 0 Å². The second kappa shape index (κ2) is 3.72. The van der Waals surface area contributed by atoms with Gasteiger partial charge < -0.3 is 11.1 Å². The topological polar surface area (TPSA) is 55.1 Å². The maximum absolute atomic E-state index is 13.3. The van der Waals surface area contributed by atoms with E-state index in [9.17, 15) is 9.18 Å². The Bertz CT molecular complexity index is 464. The Morgan fingerprint density at radius 1 is 1.53 bits per heavy atom. The first-order valence-corrected chi connectivity index (χ1v) is 5.98. The molecule has 3 rings (SSSR count). The lowest BCUT2D eigenvalue weighted by atomic mass is 9.80. The van der Waals surface area contributed by atoms with Crippen LogP contribution in [0.25, 0.3) is 0 Å². The minimum Gasteiger partial charge on any atom is -0.381 e. The fourth-order valence-electron chi connectivity index (χ4n) is 3.02. The van der Waals surface area contributed by atoms with Crippen LogP contribution in [0, 0.1) is 11.8 Å². The maximum atomic E-state index is 13.3. The van der Waals surface area contributed by atoms with Gasteiger partial charge in [0, 0.05) is 17.5 Å². The third kappa shape index (κ3) is 1.68. The molecule has 0 aromatic heterocycles. The van der Waals surface area contributed by atoms with Crippen LogP contribution in [-0.2, 0) is 4.79 Å². The van der Waals surface area contributed by atoms with Gasteiger partial charge in [-0.05, 0) is 37.0 Å². The largest absolute Gasteiger partial charge is 0.381 e. The zero-order valence-electron chi connectivity index (χ0n) is 9.45. The minimum atomic E-state index is -0.240. The summed E-state index contributed by atoms with van der Waals surface area (Å²) in [7, 11) is 0. The molecule has 1 aliphatic heterocycles. The second-order valence-corrected chi connectivity index (χ2v) is 4.95. The van der Waals surface area contributed by atoms with Crippen molar-refractivity contribution >= 4 is 5.91 Å². The van der Waals surface area contributed by atoms with Crippen LogP contribution in [0.3, 0.4) is 0 Å². The van der Waals surface area contributed by atoms with Crippen molar-refractivity contribution in [3.63, 3.8) is 0 Å². The number of halogens is 1. The Balaban J connectivity index is 1.88. The quantitative estimate of drug-likeness (QED) is 0.723. The van der Waals surface area contributed by atoms with Gasteiger partial charge in [0.15, 0.2) is 0 Å². The smallest absolute Gasteiger partial charge is 0.220 e. The van der Waals surface area contributed by atoms with Gasteiger partial charge in [-0.25, -0.2) is 4.39 Å². The molecule has 2 aliphatic carbocycles. The molecule has 3 nitrogen and oxygen atoms in total. The molecule has 0 saturated carbocycles. The molecule has 4 heteroatoms. The molecule has 0 fully saturated rings. The first kappa shape index (κ1) is 10.6. The van der Waals surface area contributed by atoms with E-state index in [0.29, 0.717) is 6.42 Å². The fraction of sp³-hybridized carbons (Fsp3) is 0.462. The number of allylic oxidation sites excluding steroid dienone is 3. The summed E-state index contributed by atoms with van der Waals surface area (Å²) in [6.45, 7) is 0. The van der Waals surface area contributed by atoms with E-state index in [-0.39, 0.29) is 29.6 Å². The third-order valence-corrected chi connectivity index (χ3v) is 3.93. The highest BCUT2D eigenvalue weighted by Gasteiger charge is 2.37. The maximum Gasteiger partial charge on any atom is 0.220 e. The number of amides is 1. The average molecular weight is 234 g/mol. The molecular formula is C13H15FN2O. The molecule has 1 heterocycles. The molecule has 3 atom stereocenters. The van der Waals surface area contributed by atoms with Gasteiger partial charge in [0.25, 0.3) is 0 Å². The highest BCUT2D eigenvalue weighted by molar-refractivity contribution is 5.77. The second-order valence-electron chi connectivity index (χ2n) is 4.95. The zero-order chi connectivity index (χ0) is 12.0. The number of rotatable bonds is 1. The lowest BCUT2D eigenvalue weighted by Crippen LogP contribution is -2.27. The fourth-order valence-corrected chi connectivity index (χ4v) is 3.02. The molecule has 0 bridgehead atoms. The van der Waals surface area contributed by atoms with E-state index in [1.807, 2.05) is 6.08 Å².